The monoisotopic (exact) mass is 374 g/mol. The lowest BCUT2D eigenvalue weighted by atomic mass is 10.2. The summed E-state index contributed by atoms with van der Waals surface area (Å²) >= 11 is 0. The normalized spacial score (nSPS) is 15.4. The second-order valence-electron chi connectivity index (χ2n) is 6.75. The van der Waals surface area contributed by atoms with Crippen LogP contribution in [0.5, 0.6) is 5.75 Å². The van der Waals surface area contributed by atoms with Gasteiger partial charge in [-0.1, -0.05) is 24.6 Å². The van der Waals surface area contributed by atoms with Crippen molar-refractivity contribution >= 4 is 11.9 Å². The van der Waals surface area contributed by atoms with E-state index < -0.39 is 0 Å². The van der Waals surface area contributed by atoms with Crippen LogP contribution >= 0.6 is 0 Å². The van der Waals surface area contributed by atoms with Gasteiger partial charge in [0.25, 0.3) is 0 Å². The molecular weight excluding hydrogens is 340 g/mol. The fraction of sp³-hybridized carbons (Fsp3) is 0.619. The summed E-state index contributed by atoms with van der Waals surface area (Å²) in [6.45, 7) is 6.82. The number of ether oxygens (including phenoxy) is 1. The van der Waals surface area contributed by atoms with Crippen LogP contribution in [-0.2, 0) is 4.79 Å². The summed E-state index contributed by atoms with van der Waals surface area (Å²) in [6, 6.07) is 9.85. The van der Waals surface area contributed by atoms with Crippen LogP contribution in [0.15, 0.2) is 35.3 Å². The van der Waals surface area contributed by atoms with Crippen LogP contribution in [0.1, 0.15) is 45.4 Å². The summed E-state index contributed by atoms with van der Waals surface area (Å²) in [5, 5.41) is 6.63. The molecule has 1 fully saturated rings. The van der Waals surface area contributed by atoms with Gasteiger partial charge in [-0.2, -0.15) is 0 Å². The largest absolute Gasteiger partial charge is 0.494 e. The minimum absolute atomic E-state index is 0.312. The highest BCUT2D eigenvalue weighted by Crippen LogP contribution is 2.11. The number of nitrogens with zero attached hydrogens (tertiary/aromatic N) is 2. The predicted octanol–water partition coefficient (Wildman–Crippen LogP) is 2.80. The molecule has 0 aromatic heterocycles. The molecule has 150 valence electrons. The smallest absolute Gasteiger partial charge is 0.222 e. The van der Waals surface area contributed by atoms with Crippen LogP contribution in [0, 0.1) is 0 Å². The molecule has 0 bridgehead atoms. The average Bonchev–Trinajstić information content (AvgIpc) is 2.90. The zero-order valence-corrected chi connectivity index (χ0v) is 16.6. The molecule has 6 heteroatoms. The van der Waals surface area contributed by atoms with Crippen molar-refractivity contribution in [2.75, 3.05) is 39.3 Å². The van der Waals surface area contributed by atoms with Crippen molar-refractivity contribution < 1.29 is 9.53 Å². The van der Waals surface area contributed by atoms with E-state index in [9.17, 15) is 4.79 Å². The first-order valence-corrected chi connectivity index (χ1v) is 10.3. The Morgan fingerprint density at radius 2 is 2.00 bits per heavy atom. The highest BCUT2D eigenvalue weighted by atomic mass is 16.5. The van der Waals surface area contributed by atoms with Crippen LogP contribution in [0.4, 0.5) is 0 Å². The summed E-state index contributed by atoms with van der Waals surface area (Å²) in [5.74, 6) is 2.04. The number of likely N-dealkylation sites (tertiary alicyclic amines) is 1. The highest BCUT2D eigenvalue weighted by molar-refractivity contribution is 5.79. The Morgan fingerprint density at radius 3 is 2.81 bits per heavy atom. The maximum absolute atomic E-state index is 12.0. The van der Waals surface area contributed by atoms with E-state index in [1.54, 1.807) is 0 Å². The van der Waals surface area contributed by atoms with Crippen LogP contribution in [0.2, 0.25) is 0 Å². The van der Waals surface area contributed by atoms with Crippen LogP contribution < -0.4 is 15.4 Å². The first-order chi connectivity index (χ1) is 13.3. The molecule has 0 unspecified atom stereocenters. The van der Waals surface area contributed by atoms with Crippen molar-refractivity contribution in [2.24, 2.45) is 4.99 Å². The van der Waals surface area contributed by atoms with Gasteiger partial charge in [-0.25, -0.2) is 0 Å². The van der Waals surface area contributed by atoms with Gasteiger partial charge >= 0.3 is 0 Å². The zero-order valence-electron chi connectivity index (χ0n) is 16.6. The van der Waals surface area contributed by atoms with E-state index in [1.165, 1.54) is 6.42 Å². The number of carbonyl (C=O) groups is 1. The van der Waals surface area contributed by atoms with Crippen LogP contribution in [0.25, 0.3) is 0 Å². The molecule has 1 heterocycles. The van der Waals surface area contributed by atoms with Crippen LogP contribution in [0.3, 0.4) is 0 Å². The molecule has 1 amide bonds. The number of hydrogen-bond acceptors (Lipinski definition) is 3. The van der Waals surface area contributed by atoms with E-state index in [0.717, 1.165) is 63.6 Å². The van der Waals surface area contributed by atoms with E-state index in [0.29, 0.717) is 25.5 Å². The van der Waals surface area contributed by atoms with Gasteiger partial charge in [0, 0.05) is 45.6 Å². The summed E-state index contributed by atoms with van der Waals surface area (Å²) in [7, 11) is 0. The van der Waals surface area contributed by atoms with Crippen molar-refractivity contribution in [3.8, 4) is 5.75 Å². The molecule has 2 N–H and O–H groups in total. The zero-order chi connectivity index (χ0) is 19.2. The topological polar surface area (TPSA) is 66.0 Å². The second kappa shape index (κ2) is 13.0. The molecule has 0 radical (unpaired) electrons. The molecule has 1 aliphatic rings. The lowest BCUT2D eigenvalue weighted by Crippen LogP contribution is -2.39. The lowest BCUT2D eigenvalue weighted by Gasteiger charge is -2.20. The minimum Gasteiger partial charge on any atom is -0.494 e. The molecule has 6 nitrogen and oxygen atoms in total. The molecule has 1 saturated heterocycles. The molecule has 1 aromatic carbocycles. The number of benzene rings is 1. The SMILES string of the molecule is CCNC(=NCCCOc1ccccc1)NCCCN1CCCCCC1=O. The van der Waals surface area contributed by atoms with E-state index >= 15 is 0 Å². The lowest BCUT2D eigenvalue weighted by molar-refractivity contribution is -0.130. The number of carbonyl (C=O) groups excluding carboxylic acids is 1. The Hall–Kier alpha value is -2.24. The van der Waals surface area contributed by atoms with Crippen molar-refractivity contribution in [1.82, 2.24) is 15.5 Å². The standard InChI is InChI=1S/C21H34N4O2/c1-2-22-21(24-15-10-18-27-19-11-5-3-6-12-19)23-14-9-17-25-16-8-4-7-13-20(25)26/h3,5-6,11-12H,2,4,7-10,13-18H2,1H3,(H2,22,23,24). The number of guanidine groups is 1. The Labute approximate surface area is 163 Å². The summed E-state index contributed by atoms with van der Waals surface area (Å²) in [4.78, 5) is 18.6. The van der Waals surface area contributed by atoms with Crippen molar-refractivity contribution in [1.29, 1.82) is 0 Å². The number of hydrogen-bond donors (Lipinski definition) is 2. The maximum atomic E-state index is 12.0. The molecule has 0 atom stereocenters. The summed E-state index contributed by atoms with van der Waals surface area (Å²) < 4.78 is 5.69. The third-order valence-corrected chi connectivity index (χ3v) is 4.50. The first kappa shape index (κ1) is 21.1. The van der Waals surface area contributed by atoms with Crippen molar-refractivity contribution in [3.63, 3.8) is 0 Å². The molecule has 1 aliphatic heterocycles. The maximum Gasteiger partial charge on any atom is 0.222 e. The Balaban J connectivity index is 1.61. The van der Waals surface area contributed by atoms with Crippen molar-refractivity contribution in [3.05, 3.63) is 30.3 Å². The van der Waals surface area contributed by atoms with Gasteiger partial charge in [-0.15, -0.1) is 0 Å². The molecular formula is C21H34N4O2. The third-order valence-electron chi connectivity index (χ3n) is 4.50. The Kier molecular flexibility index (Phi) is 10.1. The van der Waals surface area contributed by atoms with Gasteiger partial charge in [0.15, 0.2) is 5.96 Å². The van der Waals surface area contributed by atoms with Gasteiger partial charge < -0.3 is 20.3 Å². The quantitative estimate of drug-likeness (QED) is 0.375. The van der Waals surface area contributed by atoms with Gasteiger partial charge in [0.1, 0.15) is 5.75 Å². The van der Waals surface area contributed by atoms with E-state index in [1.807, 2.05) is 35.2 Å². The summed E-state index contributed by atoms with van der Waals surface area (Å²) in [6.07, 6.45) is 5.86. The van der Waals surface area contributed by atoms with Gasteiger partial charge in [0.2, 0.25) is 5.91 Å². The molecule has 0 spiro atoms. The van der Waals surface area contributed by atoms with E-state index in [4.69, 9.17) is 4.74 Å². The van der Waals surface area contributed by atoms with Crippen LogP contribution in [-0.4, -0.2) is 56.1 Å². The molecule has 2 rings (SSSR count). The number of aliphatic imine (C=N–C) groups is 1. The van der Waals surface area contributed by atoms with E-state index in [2.05, 4.69) is 22.5 Å². The molecule has 0 aliphatic carbocycles. The minimum atomic E-state index is 0.312. The molecule has 1 aromatic rings. The highest BCUT2D eigenvalue weighted by Gasteiger charge is 2.15. The van der Waals surface area contributed by atoms with E-state index in [-0.39, 0.29) is 0 Å². The van der Waals surface area contributed by atoms with Gasteiger partial charge in [-0.3, -0.25) is 9.79 Å². The molecule has 27 heavy (non-hydrogen) atoms. The second-order valence-corrected chi connectivity index (χ2v) is 6.75. The fourth-order valence-corrected chi connectivity index (χ4v) is 3.06. The Bertz CT molecular complexity index is 563. The fourth-order valence-electron chi connectivity index (χ4n) is 3.06. The van der Waals surface area contributed by atoms with Gasteiger partial charge in [0.05, 0.1) is 6.61 Å². The predicted molar refractivity (Wildman–Crippen MR) is 110 cm³/mol. The third kappa shape index (κ3) is 8.80. The Morgan fingerprint density at radius 1 is 1.15 bits per heavy atom. The number of para-hydroxylation sites is 1. The average molecular weight is 375 g/mol. The van der Waals surface area contributed by atoms with Crippen molar-refractivity contribution in [2.45, 2.75) is 45.4 Å². The summed E-state index contributed by atoms with van der Waals surface area (Å²) in [5.41, 5.74) is 0. The number of amides is 1. The number of nitrogens with one attached hydrogen (secondary N) is 2. The first-order valence-electron chi connectivity index (χ1n) is 10.3. The molecule has 0 saturated carbocycles. The number of rotatable bonds is 10. The van der Waals surface area contributed by atoms with Gasteiger partial charge in [-0.05, 0) is 38.3 Å².